The van der Waals surface area contributed by atoms with E-state index in [0.717, 1.165) is 23.8 Å². The smallest absolute Gasteiger partial charge is 0.0452 e. The lowest BCUT2D eigenvalue weighted by atomic mass is 9.90. The van der Waals surface area contributed by atoms with Crippen molar-refractivity contribution in [1.82, 2.24) is 5.32 Å². The Morgan fingerprint density at radius 2 is 1.70 bits per heavy atom. The minimum Gasteiger partial charge on any atom is -0.317 e. The van der Waals surface area contributed by atoms with Crippen LogP contribution in [0.3, 0.4) is 0 Å². The van der Waals surface area contributed by atoms with Crippen LogP contribution in [-0.4, -0.2) is 13.1 Å². The van der Waals surface area contributed by atoms with Crippen molar-refractivity contribution in [2.24, 2.45) is 5.92 Å². The minimum absolute atomic E-state index is 0.697. The Bertz CT molecular complexity index is 648. The maximum atomic E-state index is 6.27. The van der Waals surface area contributed by atoms with Crippen LogP contribution in [0.2, 0.25) is 10.0 Å². The number of halogens is 2. The molecular formula is C20H23Cl2N. The van der Waals surface area contributed by atoms with Crippen molar-refractivity contribution in [3.05, 3.63) is 69.2 Å². The minimum atomic E-state index is 0.697. The number of aryl methyl sites for hydroxylation is 2. The third-order valence-electron chi connectivity index (χ3n) is 4.67. The van der Waals surface area contributed by atoms with Crippen LogP contribution in [0.15, 0.2) is 42.5 Å². The highest BCUT2D eigenvalue weighted by Crippen LogP contribution is 2.23. The molecule has 0 unspecified atom stereocenters. The van der Waals surface area contributed by atoms with Gasteiger partial charge >= 0.3 is 0 Å². The van der Waals surface area contributed by atoms with Crippen molar-refractivity contribution < 1.29 is 0 Å². The standard InChI is InChI=1S/C20H23Cl2N/c21-19-7-6-18(20(22)14-19)5-4-15-2-1-3-17(12-15)13-16-8-10-23-11-9-16/h1-3,6-7,12,14,16,23H,4-5,8-11,13H2. The summed E-state index contributed by atoms with van der Waals surface area (Å²) in [5, 5.41) is 4.90. The molecular weight excluding hydrogens is 325 g/mol. The first kappa shape index (κ1) is 16.8. The first-order chi connectivity index (χ1) is 11.2. The van der Waals surface area contributed by atoms with Crippen LogP contribution in [0.4, 0.5) is 0 Å². The maximum Gasteiger partial charge on any atom is 0.0452 e. The Balaban J connectivity index is 1.60. The largest absolute Gasteiger partial charge is 0.317 e. The van der Waals surface area contributed by atoms with Gasteiger partial charge in [-0.25, -0.2) is 0 Å². The van der Waals surface area contributed by atoms with Crippen LogP contribution in [0.25, 0.3) is 0 Å². The molecule has 1 aliphatic rings. The molecule has 1 heterocycles. The molecule has 1 aliphatic heterocycles. The monoisotopic (exact) mass is 347 g/mol. The Labute approximate surface area is 149 Å². The summed E-state index contributed by atoms with van der Waals surface area (Å²) in [5.74, 6) is 0.831. The van der Waals surface area contributed by atoms with E-state index in [2.05, 4.69) is 29.6 Å². The molecule has 122 valence electrons. The van der Waals surface area contributed by atoms with Crippen molar-refractivity contribution in [1.29, 1.82) is 0 Å². The van der Waals surface area contributed by atoms with Gasteiger partial charge in [0, 0.05) is 10.0 Å². The molecule has 23 heavy (non-hydrogen) atoms. The molecule has 0 amide bonds. The number of hydrogen-bond donors (Lipinski definition) is 1. The summed E-state index contributed by atoms with van der Waals surface area (Å²) in [5.41, 5.74) is 4.03. The van der Waals surface area contributed by atoms with E-state index in [1.165, 1.54) is 49.0 Å². The summed E-state index contributed by atoms with van der Waals surface area (Å²) >= 11 is 12.2. The van der Waals surface area contributed by atoms with E-state index in [4.69, 9.17) is 23.2 Å². The van der Waals surface area contributed by atoms with Crippen molar-refractivity contribution in [3.8, 4) is 0 Å². The predicted molar refractivity (Wildman–Crippen MR) is 99.6 cm³/mol. The molecule has 0 atom stereocenters. The van der Waals surface area contributed by atoms with Gasteiger partial charge in [-0.05, 0) is 79.9 Å². The lowest BCUT2D eigenvalue weighted by Gasteiger charge is -2.22. The number of rotatable bonds is 5. The third-order valence-corrected chi connectivity index (χ3v) is 5.26. The summed E-state index contributed by atoms with van der Waals surface area (Å²) in [7, 11) is 0. The topological polar surface area (TPSA) is 12.0 Å². The van der Waals surface area contributed by atoms with E-state index in [-0.39, 0.29) is 0 Å². The summed E-state index contributed by atoms with van der Waals surface area (Å²) in [6.07, 6.45) is 5.76. The highest BCUT2D eigenvalue weighted by molar-refractivity contribution is 6.35. The molecule has 2 aromatic rings. The molecule has 1 N–H and O–H groups in total. The number of piperidine rings is 1. The Hall–Kier alpha value is -1.02. The van der Waals surface area contributed by atoms with Crippen LogP contribution in [0, 0.1) is 5.92 Å². The van der Waals surface area contributed by atoms with Gasteiger partial charge in [0.05, 0.1) is 0 Å². The summed E-state index contributed by atoms with van der Waals surface area (Å²) in [6, 6.07) is 14.8. The van der Waals surface area contributed by atoms with Gasteiger partial charge < -0.3 is 5.32 Å². The molecule has 0 aliphatic carbocycles. The van der Waals surface area contributed by atoms with Crippen molar-refractivity contribution in [2.45, 2.75) is 32.1 Å². The van der Waals surface area contributed by atoms with Gasteiger partial charge in [0.1, 0.15) is 0 Å². The van der Waals surface area contributed by atoms with E-state index in [9.17, 15) is 0 Å². The summed E-state index contributed by atoms with van der Waals surface area (Å²) in [6.45, 7) is 2.33. The van der Waals surface area contributed by atoms with Gasteiger partial charge in [-0.15, -0.1) is 0 Å². The normalized spacial score (nSPS) is 15.7. The Morgan fingerprint density at radius 1 is 0.913 bits per heavy atom. The van der Waals surface area contributed by atoms with E-state index in [0.29, 0.717) is 5.02 Å². The van der Waals surface area contributed by atoms with Crippen LogP contribution in [0.1, 0.15) is 29.5 Å². The highest BCUT2D eigenvalue weighted by Gasteiger charge is 2.13. The fraction of sp³-hybridized carbons (Fsp3) is 0.400. The van der Waals surface area contributed by atoms with Gasteiger partial charge in [0.25, 0.3) is 0 Å². The molecule has 0 radical (unpaired) electrons. The maximum absolute atomic E-state index is 6.27. The second-order valence-corrected chi connectivity index (χ2v) is 7.30. The average molecular weight is 348 g/mol. The molecule has 2 aromatic carbocycles. The first-order valence-corrected chi connectivity index (χ1v) is 9.19. The Morgan fingerprint density at radius 3 is 2.48 bits per heavy atom. The second kappa shape index (κ2) is 8.19. The Kier molecular flexibility index (Phi) is 5.99. The second-order valence-electron chi connectivity index (χ2n) is 6.45. The van der Waals surface area contributed by atoms with E-state index in [1.807, 2.05) is 18.2 Å². The molecule has 3 rings (SSSR count). The third kappa shape index (κ3) is 4.97. The summed E-state index contributed by atoms with van der Waals surface area (Å²) < 4.78 is 0. The SMILES string of the molecule is Clc1ccc(CCc2cccc(CC3CCNCC3)c2)c(Cl)c1. The zero-order valence-electron chi connectivity index (χ0n) is 13.3. The predicted octanol–water partition coefficient (Wildman–Crippen LogP) is 5.32. The average Bonchev–Trinajstić information content (AvgIpc) is 2.55. The molecule has 0 bridgehead atoms. The molecule has 3 heteroatoms. The summed E-state index contributed by atoms with van der Waals surface area (Å²) in [4.78, 5) is 0. The lowest BCUT2D eigenvalue weighted by molar-refractivity contribution is 0.372. The zero-order chi connectivity index (χ0) is 16.1. The molecule has 1 nitrogen and oxygen atoms in total. The zero-order valence-corrected chi connectivity index (χ0v) is 14.8. The van der Waals surface area contributed by atoms with E-state index in [1.54, 1.807) is 0 Å². The fourth-order valence-corrected chi connectivity index (χ4v) is 3.84. The van der Waals surface area contributed by atoms with Gasteiger partial charge in [0.2, 0.25) is 0 Å². The van der Waals surface area contributed by atoms with Crippen LogP contribution in [0.5, 0.6) is 0 Å². The van der Waals surface area contributed by atoms with Gasteiger partial charge in [0.15, 0.2) is 0 Å². The molecule has 1 fully saturated rings. The van der Waals surface area contributed by atoms with Crippen molar-refractivity contribution in [3.63, 3.8) is 0 Å². The first-order valence-electron chi connectivity index (χ1n) is 8.43. The number of hydrogen-bond acceptors (Lipinski definition) is 1. The highest BCUT2D eigenvalue weighted by atomic mass is 35.5. The molecule has 0 saturated carbocycles. The fourth-order valence-electron chi connectivity index (χ4n) is 3.33. The lowest BCUT2D eigenvalue weighted by Crippen LogP contribution is -2.28. The molecule has 1 saturated heterocycles. The van der Waals surface area contributed by atoms with Crippen molar-refractivity contribution >= 4 is 23.2 Å². The van der Waals surface area contributed by atoms with Gasteiger partial charge in [-0.2, -0.15) is 0 Å². The van der Waals surface area contributed by atoms with Crippen molar-refractivity contribution in [2.75, 3.05) is 13.1 Å². The quantitative estimate of drug-likeness (QED) is 0.771. The van der Waals surface area contributed by atoms with Crippen LogP contribution < -0.4 is 5.32 Å². The van der Waals surface area contributed by atoms with Crippen LogP contribution in [-0.2, 0) is 19.3 Å². The number of benzene rings is 2. The van der Waals surface area contributed by atoms with Gasteiger partial charge in [-0.1, -0.05) is 53.5 Å². The van der Waals surface area contributed by atoms with E-state index < -0.39 is 0 Å². The molecule has 0 aromatic heterocycles. The van der Waals surface area contributed by atoms with E-state index >= 15 is 0 Å². The van der Waals surface area contributed by atoms with Gasteiger partial charge in [-0.3, -0.25) is 0 Å². The molecule has 0 spiro atoms. The number of nitrogens with one attached hydrogen (secondary N) is 1. The van der Waals surface area contributed by atoms with Crippen LogP contribution >= 0.6 is 23.2 Å².